The maximum Gasteiger partial charge on any atom is 0.222 e. The number of piperidine rings is 1. The van der Waals surface area contributed by atoms with Crippen molar-refractivity contribution in [1.82, 2.24) is 15.6 Å². The van der Waals surface area contributed by atoms with E-state index < -0.39 is 0 Å². The van der Waals surface area contributed by atoms with Crippen LogP contribution in [0.4, 0.5) is 0 Å². The quantitative estimate of drug-likeness (QED) is 0.809. The Hall–Kier alpha value is -0.980. The maximum absolute atomic E-state index is 11.9. The predicted molar refractivity (Wildman–Crippen MR) is 84.5 cm³/mol. The highest BCUT2D eigenvalue weighted by Crippen LogP contribution is 2.20. The molecule has 118 valence electrons. The lowest BCUT2D eigenvalue weighted by Gasteiger charge is -2.22. The van der Waals surface area contributed by atoms with Gasteiger partial charge < -0.3 is 15.4 Å². The smallest absolute Gasteiger partial charge is 0.222 e. The van der Waals surface area contributed by atoms with Crippen molar-refractivity contribution in [2.45, 2.75) is 51.7 Å². The Morgan fingerprint density at radius 2 is 2.33 bits per heavy atom. The van der Waals surface area contributed by atoms with Crippen molar-refractivity contribution in [2.24, 2.45) is 0 Å². The number of aromatic nitrogens is 1. The first kappa shape index (κ1) is 16.4. The zero-order valence-electron chi connectivity index (χ0n) is 12.9. The Morgan fingerprint density at radius 1 is 1.57 bits per heavy atom. The van der Waals surface area contributed by atoms with E-state index in [-0.39, 0.29) is 11.9 Å². The van der Waals surface area contributed by atoms with Gasteiger partial charge in [-0.2, -0.15) is 0 Å². The van der Waals surface area contributed by atoms with Gasteiger partial charge in [0.05, 0.1) is 18.8 Å². The summed E-state index contributed by atoms with van der Waals surface area (Å²) in [5.41, 5.74) is 0. The molecule has 2 rings (SSSR count). The minimum atomic E-state index is -0.0262. The highest BCUT2D eigenvalue weighted by Gasteiger charge is 2.15. The fraction of sp³-hybridized carbons (Fsp3) is 0.733. The van der Waals surface area contributed by atoms with E-state index in [2.05, 4.69) is 22.5 Å². The van der Waals surface area contributed by atoms with E-state index in [0.717, 1.165) is 37.4 Å². The molecule has 6 heteroatoms. The number of hydrogen-bond acceptors (Lipinski definition) is 5. The number of rotatable bonds is 7. The average Bonchev–Trinajstić information content (AvgIpc) is 2.97. The Morgan fingerprint density at radius 3 is 3.00 bits per heavy atom. The molecule has 0 radical (unpaired) electrons. The molecule has 2 heterocycles. The van der Waals surface area contributed by atoms with Crippen LogP contribution in [0.2, 0.25) is 0 Å². The molecule has 5 nitrogen and oxygen atoms in total. The van der Waals surface area contributed by atoms with Crippen molar-refractivity contribution in [2.75, 3.05) is 19.7 Å². The molecule has 1 aromatic rings. The molecule has 1 aromatic heterocycles. The number of nitrogens with one attached hydrogen (secondary N) is 2. The number of ether oxygens (including phenoxy) is 1. The van der Waals surface area contributed by atoms with Crippen LogP contribution in [-0.4, -0.2) is 36.7 Å². The second kappa shape index (κ2) is 8.46. The zero-order chi connectivity index (χ0) is 15.1. The molecular weight excluding hydrogens is 286 g/mol. The van der Waals surface area contributed by atoms with Crippen LogP contribution in [-0.2, 0) is 16.0 Å². The number of carbonyl (C=O) groups excluding carboxylic acids is 1. The third-order valence-corrected chi connectivity index (χ3v) is 4.96. The SMILES string of the molecule is CCc1cnc(C(C)NC(=O)CCOC2CCNCC2)s1. The lowest BCUT2D eigenvalue weighted by Crippen LogP contribution is -2.33. The van der Waals surface area contributed by atoms with Crippen LogP contribution >= 0.6 is 11.3 Å². The van der Waals surface area contributed by atoms with Crippen LogP contribution in [0.3, 0.4) is 0 Å². The molecule has 1 aliphatic rings. The summed E-state index contributed by atoms with van der Waals surface area (Å²) in [6, 6.07) is -0.0262. The van der Waals surface area contributed by atoms with Crippen molar-refractivity contribution < 1.29 is 9.53 Å². The number of amides is 1. The van der Waals surface area contributed by atoms with Crippen molar-refractivity contribution in [1.29, 1.82) is 0 Å². The monoisotopic (exact) mass is 311 g/mol. The van der Waals surface area contributed by atoms with Crippen molar-refractivity contribution in [3.8, 4) is 0 Å². The molecular formula is C15H25N3O2S. The lowest BCUT2D eigenvalue weighted by atomic mass is 10.1. The van der Waals surface area contributed by atoms with E-state index in [1.807, 2.05) is 13.1 Å². The van der Waals surface area contributed by atoms with E-state index in [9.17, 15) is 4.79 Å². The van der Waals surface area contributed by atoms with Gasteiger partial charge in [-0.1, -0.05) is 6.92 Å². The topological polar surface area (TPSA) is 63.2 Å². The fourth-order valence-electron chi connectivity index (χ4n) is 2.34. The van der Waals surface area contributed by atoms with Gasteiger partial charge in [-0.3, -0.25) is 4.79 Å². The average molecular weight is 311 g/mol. The van der Waals surface area contributed by atoms with Crippen LogP contribution in [0.1, 0.15) is 49.0 Å². The van der Waals surface area contributed by atoms with Gasteiger partial charge in [0.25, 0.3) is 0 Å². The first-order valence-electron chi connectivity index (χ1n) is 7.75. The maximum atomic E-state index is 11.9. The Kier molecular flexibility index (Phi) is 6.60. The summed E-state index contributed by atoms with van der Waals surface area (Å²) in [4.78, 5) is 17.5. The Bertz CT molecular complexity index is 444. The minimum Gasteiger partial charge on any atom is -0.378 e. The van der Waals surface area contributed by atoms with Crippen LogP contribution < -0.4 is 10.6 Å². The van der Waals surface area contributed by atoms with E-state index in [4.69, 9.17) is 4.74 Å². The number of nitrogens with zero attached hydrogens (tertiary/aromatic N) is 1. The molecule has 1 unspecified atom stereocenters. The highest BCUT2D eigenvalue weighted by atomic mass is 32.1. The number of thiazole rings is 1. The summed E-state index contributed by atoms with van der Waals surface area (Å²) in [5, 5.41) is 7.26. The molecule has 1 saturated heterocycles. The molecule has 0 spiro atoms. The summed E-state index contributed by atoms with van der Waals surface area (Å²) in [6.45, 7) is 6.61. The van der Waals surface area contributed by atoms with Gasteiger partial charge in [-0.05, 0) is 39.3 Å². The molecule has 0 aliphatic carbocycles. The van der Waals surface area contributed by atoms with E-state index in [0.29, 0.717) is 19.1 Å². The number of carbonyl (C=O) groups is 1. The van der Waals surface area contributed by atoms with Gasteiger partial charge in [-0.25, -0.2) is 4.98 Å². The van der Waals surface area contributed by atoms with Gasteiger partial charge in [0.2, 0.25) is 5.91 Å². The van der Waals surface area contributed by atoms with Gasteiger partial charge >= 0.3 is 0 Å². The van der Waals surface area contributed by atoms with Gasteiger partial charge in [0, 0.05) is 17.5 Å². The number of hydrogen-bond donors (Lipinski definition) is 2. The molecule has 1 aliphatic heterocycles. The van der Waals surface area contributed by atoms with Crippen LogP contribution in [0, 0.1) is 0 Å². The van der Waals surface area contributed by atoms with E-state index in [1.165, 1.54) is 4.88 Å². The van der Waals surface area contributed by atoms with E-state index in [1.54, 1.807) is 11.3 Å². The Balaban J connectivity index is 1.66. The first-order valence-corrected chi connectivity index (χ1v) is 8.57. The van der Waals surface area contributed by atoms with Crippen molar-refractivity contribution in [3.05, 3.63) is 16.1 Å². The van der Waals surface area contributed by atoms with Crippen LogP contribution in [0.15, 0.2) is 6.20 Å². The summed E-state index contributed by atoms with van der Waals surface area (Å²) < 4.78 is 5.75. The summed E-state index contributed by atoms with van der Waals surface area (Å²) >= 11 is 1.67. The van der Waals surface area contributed by atoms with E-state index >= 15 is 0 Å². The minimum absolute atomic E-state index is 0.0262. The summed E-state index contributed by atoms with van der Waals surface area (Å²) in [7, 11) is 0. The first-order chi connectivity index (χ1) is 10.2. The van der Waals surface area contributed by atoms with Gasteiger partial charge in [0.1, 0.15) is 5.01 Å². The molecule has 2 N–H and O–H groups in total. The Labute approximate surface area is 130 Å². The third kappa shape index (κ3) is 5.37. The normalized spacial score (nSPS) is 17.6. The second-order valence-electron chi connectivity index (χ2n) is 5.38. The van der Waals surface area contributed by atoms with Crippen LogP contribution in [0.5, 0.6) is 0 Å². The second-order valence-corrected chi connectivity index (χ2v) is 6.52. The van der Waals surface area contributed by atoms with Crippen molar-refractivity contribution >= 4 is 17.2 Å². The number of aryl methyl sites for hydroxylation is 1. The summed E-state index contributed by atoms with van der Waals surface area (Å²) in [6.07, 6.45) is 5.68. The van der Waals surface area contributed by atoms with Gasteiger partial charge in [-0.15, -0.1) is 11.3 Å². The largest absolute Gasteiger partial charge is 0.378 e. The third-order valence-electron chi connectivity index (χ3n) is 3.64. The highest BCUT2D eigenvalue weighted by molar-refractivity contribution is 7.11. The molecule has 0 aromatic carbocycles. The van der Waals surface area contributed by atoms with Gasteiger partial charge in [0.15, 0.2) is 0 Å². The van der Waals surface area contributed by atoms with Crippen LogP contribution in [0.25, 0.3) is 0 Å². The molecule has 1 amide bonds. The molecule has 0 saturated carbocycles. The molecule has 1 fully saturated rings. The molecule has 21 heavy (non-hydrogen) atoms. The molecule has 0 bridgehead atoms. The predicted octanol–water partition coefficient (Wildman–Crippen LogP) is 2.04. The fourth-order valence-corrected chi connectivity index (χ4v) is 3.20. The standard InChI is InChI=1S/C15H25N3O2S/c1-3-13-10-17-15(21-13)11(2)18-14(19)6-9-20-12-4-7-16-8-5-12/h10-12,16H,3-9H2,1-2H3,(H,18,19). The van der Waals surface area contributed by atoms with Crippen molar-refractivity contribution in [3.63, 3.8) is 0 Å². The molecule has 1 atom stereocenters. The summed E-state index contributed by atoms with van der Waals surface area (Å²) in [5.74, 6) is 0.0321. The zero-order valence-corrected chi connectivity index (χ0v) is 13.7. The lowest BCUT2D eigenvalue weighted by molar-refractivity contribution is -0.123.